The Morgan fingerprint density at radius 2 is 2.03 bits per heavy atom. The minimum Gasteiger partial charge on any atom is -0.443 e. The lowest BCUT2D eigenvalue weighted by atomic mass is 9.68. The first kappa shape index (κ1) is 21.8. The quantitative estimate of drug-likeness (QED) is 0.716. The van der Waals surface area contributed by atoms with Crippen molar-refractivity contribution in [1.29, 1.82) is 0 Å². The molecule has 1 aliphatic rings. The van der Waals surface area contributed by atoms with Crippen LogP contribution in [0.5, 0.6) is 0 Å². The highest BCUT2D eigenvalue weighted by Gasteiger charge is 2.40. The fraction of sp³-hybridized carbons (Fsp3) is 0.600. The summed E-state index contributed by atoms with van der Waals surface area (Å²) < 4.78 is 30.5. The molecule has 2 heterocycles. The number of aromatic nitrogens is 2. The summed E-state index contributed by atoms with van der Waals surface area (Å²) >= 11 is 6.21. The van der Waals surface area contributed by atoms with E-state index in [1.54, 1.807) is 18.3 Å². The van der Waals surface area contributed by atoms with E-state index in [1.165, 1.54) is 4.90 Å². The monoisotopic (exact) mass is 429 g/mol. The molecule has 6 nitrogen and oxygen atoms in total. The number of aliphatic hydroxyl groups is 1. The van der Waals surface area contributed by atoms with Crippen LogP contribution in [0.25, 0.3) is 10.9 Å². The first-order valence-corrected chi connectivity index (χ1v) is 9.97. The van der Waals surface area contributed by atoms with Crippen molar-refractivity contribution < 1.29 is 23.4 Å². The third-order valence-electron chi connectivity index (χ3n) is 5.80. The summed E-state index contributed by atoms with van der Waals surface area (Å²) in [6, 6.07) is 3.53. The summed E-state index contributed by atoms with van der Waals surface area (Å²) in [6.45, 7) is 4.54. The normalized spacial score (nSPS) is 17.6. The molecule has 29 heavy (non-hydrogen) atoms. The molecule has 2 N–H and O–H groups in total. The maximum Gasteiger partial charge on any atom is 0.409 e. The average Bonchev–Trinajstić information content (AvgIpc) is 3.12. The molecule has 0 spiro atoms. The molecule has 2 aromatic rings. The topological polar surface area (TPSA) is 78.4 Å². The van der Waals surface area contributed by atoms with Gasteiger partial charge in [-0.1, -0.05) is 25.4 Å². The molecule has 1 amide bonds. The maximum atomic E-state index is 12.9. The van der Waals surface area contributed by atoms with Gasteiger partial charge in [-0.2, -0.15) is 5.10 Å². The summed E-state index contributed by atoms with van der Waals surface area (Å²) in [6.07, 6.45) is 1.40. The van der Waals surface area contributed by atoms with Crippen LogP contribution in [0.3, 0.4) is 0 Å². The lowest BCUT2D eigenvalue weighted by molar-refractivity contribution is -0.0513. The number of amides is 1. The Kier molecular flexibility index (Phi) is 6.06. The van der Waals surface area contributed by atoms with Gasteiger partial charge in [-0.3, -0.25) is 5.10 Å². The SMILES string of the molecule is CC(F)(F)COC(=O)N1CCC(C(C)(C)C(O)c2cc(Cl)cc3cn[nH]c23)CC1. The van der Waals surface area contributed by atoms with Gasteiger partial charge in [0.2, 0.25) is 0 Å². The number of carbonyl (C=O) groups excluding carboxylic acids is 1. The smallest absolute Gasteiger partial charge is 0.409 e. The van der Waals surface area contributed by atoms with Gasteiger partial charge in [0.15, 0.2) is 6.61 Å². The van der Waals surface area contributed by atoms with E-state index in [9.17, 15) is 18.7 Å². The second-order valence-electron chi connectivity index (χ2n) is 8.44. The molecular formula is C20H26ClF2N3O3. The number of likely N-dealkylation sites (tertiary alicyclic amines) is 1. The molecule has 1 aromatic heterocycles. The van der Waals surface area contributed by atoms with E-state index >= 15 is 0 Å². The minimum absolute atomic E-state index is 0.117. The van der Waals surface area contributed by atoms with Crippen LogP contribution in [-0.2, 0) is 4.74 Å². The van der Waals surface area contributed by atoms with Gasteiger partial charge in [0.25, 0.3) is 5.92 Å². The van der Waals surface area contributed by atoms with Crippen molar-refractivity contribution in [2.75, 3.05) is 19.7 Å². The molecule has 3 rings (SSSR count). The summed E-state index contributed by atoms with van der Waals surface area (Å²) in [7, 11) is 0. The van der Waals surface area contributed by atoms with Crippen molar-refractivity contribution in [2.45, 2.75) is 45.6 Å². The van der Waals surface area contributed by atoms with E-state index in [4.69, 9.17) is 16.3 Å². The van der Waals surface area contributed by atoms with Crippen LogP contribution < -0.4 is 0 Å². The van der Waals surface area contributed by atoms with Crippen molar-refractivity contribution in [3.05, 3.63) is 28.9 Å². The van der Waals surface area contributed by atoms with Crippen molar-refractivity contribution >= 4 is 28.6 Å². The number of hydrogen-bond acceptors (Lipinski definition) is 4. The Balaban J connectivity index is 1.68. The Bertz CT molecular complexity index is 873. The van der Waals surface area contributed by atoms with Gasteiger partial charge in [-0.15, -0.1) is 0 Å². The molecular weight excluding hydrogens is 404 g/mol. The number of H-pyrrole nitrogens is 1. The number of hydrogen-bond donors (Lipinski definition) is 2. The van der Waals surface area contributed by atoms with E-state index in [2.05, 4.69) is 10.2 Å². The zero-order valence-corrected chi connectivity index (χ0v) is 17.5. The molecule has 1 atom stereocenters. The largest absolute Gasteiger partial charge is 0.443 e. The van der Waals surface area contributed by atoms with Crippen LogP contribution in [0.2, 0.25) is 5.02 Å². The standard InChI is InChI=1S/C20H26ClF2N3O3/c1-19(2,17(27)15-9-14(21)8-12-10-24-25-16(12)15)13-4-6-26(7-5-13)18(28)29-11-20(3,22)23/h8-10,13,17,27H,4-7,11H2,1-3H3,(H,24,25). The van der Waals surface area contributed by atoms with E-state index < -0.39 is 30.1 Å². The van der Waals surface area contributed by atoms with Crippen LogP contribution in [0.4, 0.5) is 13.6 Å². The molecule has 0 bridgehead atoms. The molecule has 1 unspecified atom stereocenters. The molecule has 0 aliphatic carbocycles. The molecule has 1 fully saturated rings. The first-order chi connectivity index (χ1) is 13.5. The number of aromatic amines is 1. The van der Waals surface area contributed by atoms with E-state index in [-0.39, 0.29) is 5.92 Å². The number of piperidine rings is 1. The van der Waals surface area contributed by atoms with Gasteiger partial charge in [-0.05, 0) is 36.3 Å². The van der Waals surface area contributed by atoms with Crippen molar-refractivity contribution in [3.63, 3.8) is 0 Å². The lowest BCUT2D eigenvalue weighted by Crippen LogP contribution is -2.44. The summed E-state index contributed by atoms with van der Waals surface area (Å²) in [5, 5.41) is 19.5. The second kappa shape index (κ2) is 8.07. The molecule has 9 heteroatoms. The lowest BCUT2D eigenvalue weighted by Gasteiger charge is -2.43. The number of ether oxygens (including phenoxy) is 1. The molecule has 1 saturated heterocycles. The average molecular weight is 430 g/mol. The van der Waals surface area contributed by atoms with Crippen molar-refractivity contribution in [1.82, 2.24) is 15.1 Å². The number of carbonyl (C=O) groups is 1. The number of fused-ring (bicyclic) bond motifs is 1. The van der Waals surface area contributed by atoms with Gasteiger partial charge in [0.1, 0.15) is 0 Å². The Hall–Kier alpha value is -1.93. The Morgan fingerprint density at radius 3 is 2.66 bits per heavy atom. The number of nitrogens with one attached hydrogen (secondary N) is 1. The highest BCUT2D eigenvalue weighted by atomic mass is 35.5. The van der Waals surface area contributed by atoms with Gasteiger partial charge in [-0.25, -0.2) is 13.6 Å². The molecule has 0 saturated carbocycles. The highest BCUT2D eigenvalue weighted by Crippen LogP contribution is 2.46. The fourth-order valence-electron chi connectivity index (χ4n) is 3.97. The predicted molar refractivity (Wildman–Crippen MR) is 106 cm³/mol. The van der Waals surface area contributed by atoms with Gasteiger partial charge < -0.3 is 14.7 Å². The molecule has 1 aliphatic heterocycles. The number of alkyl halides is 2. The Morgan fingerprint density at radius 1 is 1.38 bits per heavy atom. The highest BCUT2D eigenvalue weighted by molar-refractivity contribution is 6.31. The zero-order valence-electron chi connectivity index (χ0n) is 16.7. The summed E-state index contributed by atoms with van der Waals surface area (Å²) in [5.41, 5.74) is 0.924. The number of nitrogens with zero attached hydrogens (tertiary/aromatic N) is 2. The Labute approximate surface area is 173 Å². The van der Waals surface area contributed by atoms with E-state index in [1.807, 2.05) is 13.8 Å². The predicted octanol–water partition coefficient (Wildman–Crippen LogP) is 4.78. The van der Waals surface area contributed by atoms with Gasteiger partial charge >= 0.3 is 6.09 Å². The number of benzene rings is 1. The van der Waals surface area contributed by atoms with Crippen molar-refractivity contribution in [3.8, 4) is 0 Å². The van der Waals surface area contributed by atoms with E-state index in [0.717, 1.165) is 10.9 Å². The zero-order chi connectivity index (χ0) is 21.4. The van der Waals surface area contributed by atoms with Crippen LogP contribution in [0, 0.1) is 11.3 Å². The molecule has 160 valence electrons. The number of rotatable bonds is 5. The van der Waals surface area contributed by atoms with E-state index in [0.29, 0.717) is 43.4 Å². The maximum absolute atomic E-state index is 12.9. The van der Waals surface area contributed by atoms with Crippen LogP contribution in [-0.4, -0.2) is 51.9 Å². The van der Waals surface area contributed by atoms with Gasteiger partial charge in [0.05, 0.1) is 17.8 Å². The summed E-state index contributed by atoms with van der Waals surface area (Å²) in [4.78, 5) is 13.4. The number of aliphatic hydroxyl groups excluding tert-OH is 1. The molecule has 0 radical (unpaired) electrons. The third kappa shape index (κ3) is 4.80. The minimum atomic E-state index is -3.05. The summed E-state index contributed by atoms with van der Waals surface area (Å²) in [5.74, 6) is -2.93. The fourth-order valence-corrected chi connectivity index (χ4v) is 4.21. The molecule has 1 aromatic carbocycles. The van der Waals surface area contributed by atoms with Crippen molar-refractivity contribution in [2.24, 2.45) is 11.3 Å². The number of halogens is 3. The van der Waals surface area contributed by atoms with Gasteiger partial charge in [0, 0.05) is 36.0 Å². The van der Waals surface area contributed by atoms with Crippen LogP contribution >= 0.6 is 11.6 Å². The van der Waals surface area contributed by atoms with Crippen LogP contribution in [0.15, 0.2) is 18.3 Å². The first-order valence-electron chi connectivity index (χ1n) is 9.59. The second-order valence-corrected chi connectivity index (χ2v) is 8.88. The van der Waals surface area contributed by atoms with Crippen LogP contribution in [0.1, 0.15) is 45.3 Å². The third-order valence-corrected chi connectivity index (χ3v) is 6.02.